The van der Waals surface area contributed by atoms with Crippen molar-refractivity contribution in [1.82, 2.24) is 9.61 Å². The van der Waals surface area contributed by atoms with E-state index in [4.69, 9.17) is 5.10 Å². The standard InChI is InChI=1S/C17H12N3/c1-19-8-9-20-15(19)10-14-12-6-2-4-11-5-3-7-13(16(11)12)17(14)18-20/h2-10H,1H3/q+1. The van der Waals surface area contributed by atoms with Crippen LogP contribution in [0.4, 0.5) is 0 Å². The van der Waals surface area contributed by atoms with Crippen LogP contribution in [-0.2, 0) is 7.05 Å². The number of hydrogen-bond donors (Lipinski definition) is 0. The van der Waals surface area contributed by atoms with E-state index in [1.54, 1.807) is 0 Å². The van der Waals surface area contributed by atoms with Crippen LogP contribution in [-0.4, -0.2) is 9.61 Å². The zero-order chi connectivity index (χ0) is 13.3. The first-order valence-electron chi connectivity index (χ1n) is 6.73. The van der Waals surface area contributed by atoms with E-state index in [2.05, 4.69) is 47.0 Å². The summed E-state index contributed by atoms with van der Waals surface area (Å²) in [6.07, 6.45) is 4.03. The van der Waals surface area contributed by atoms with Crippen molar-refractivity contribution in [3.05, 3.63) is 54.9 Å². The van der Waals surface area contributed by atoms with Crippen LogP contribution in [0.1, 0.15) is 0 Å². The van der Waals surface area contributed by atoms with Crippen molar-refractivity contribution < 1.29 is 4.57 Å². The Bertz CT molecular complexity index is 1100. The van der Waals surface area contributed by atoms with Gasteiger partial charge in [0.05, 0.1) is 7.05 Å². The molecule has 2 heterocycles. The van der Waals surface area contributed by atoms with Gasteiger partial charge in [0, 0.05) is 16.8 Å². The second-order valence-electron chi connectivity index (χ2n) is 5.33. The van der Waals surface area contributed by atoms with Crippen molar-refractivity contribution in [3.63, 3.8) is 0 Å². The van der Waals surface area contributed by atoms with Gasteiger partial charge in [-0.3, -0.25) is 0 Å². The van der Waals surface area contributed by atoms with Crippen molar-refractivity contribution in [3.8, 4) is 0 Å². The zero-order valence-corrected chi connectivity index (χ0v) is 11.0. The minimum atomic E-state index is 1.08. The Hall–Kier alpha value is -2.68. The third kappa shape index (κ3) is 1.06. The normalized spacial score (nSPS) is 12.2. The second-order valence-corrected chi connectivity index (χ2v) is 5.33. The van der Waals surface area contributed by atoms with Crippen molar-refractivity contribution in [2.24, 2.45) is 7.05 Å². The SMILES string of the molecule is C[n+]1ccn2nc3c(cc21)c1cccc2cccc3c21. The lowest BCUT2D eigenvalue weighted by Gasteiger charge is -1.96. The lowest BCUT2D eigenvalue weighted by molar-refractivity contribution is -0.644. The molecular weight excluding hydrogens is 246 g/mol. The van der Waals surface area contributed by atoms with E-state index >= 15 is 0 Å². The first-order chi connectivity index (χ1) is 9.83. The Labute approximate surface area is 115 Å². The average Bonchev–Trinajstić information content (AvgIpc) is 3.00. The van der Waals surface area contributed by atoms with Gasteiger partial charge in [-0.1, -0.05) is 41.5 Å². The highest BCUT2D eigenvalue weighted by molar-refractivity contribution is 6.29. The maximum atomic E-state index is 4.81. The van der Waals surface area contributed by atoms with Crippen LogP contribution in [0.15, 0.2) is 54.9 Å². The number of fused-ring (bicyclic) bond motifs is 4. The number of imidazole rings is 1. The summed E-state index contributed by atoms with van der Waals surface area (Å²) in [5, 5.41) is 11.2. The maximum Gasteiger partial charge on any atom is 0.307 e. The molecule has 3 nitrogen and oxygen atoms in total. The molecule has 0 saturated heterocycles. The second kappa shape index (κ2) is 3.25. The maximum absolute atomic E-state index is 4.81. The molecule has 3 aromatic carbocycles. The summed E-state index contributed by atoms with van der Waals surface area (Å²) in [7, 11) is 2.05. The van der Waals surface area contributed by atoms with Crippen molar-refractivity contribution in [2.75, 3.05) is 0 Å². The highest BCUT2D eigenvalue weighted by atomic mass is 15.3. The average molecular weight is 258 g/mol. The predicted octanol–water partition coefficient (Wildman–Crippen LogP) is 3.06. The topological polar surface area (TPSA) is 21.2 Å². The van der Waals surface area contributed by atoms with E-state index < -0.39 is 0 Å². The molecule has 5 aromatic rings. The number of nitrogens with zero attached hydrogens (tertiary/aromatic N) is 3. The highest BCUT2D eigenvalue weighted by Crippen LogP contribution is 2.36. The lowest BCUT2D eigenvalue weighted by Crippen LogP contribution is -2.25. The zero-order valence-electron chi connectivity index (χ0n) is 11.0. The minimum absolute atomic E-state index is 1.08. The van der Waals surface area contributed by atoms with Gasteiger partial charge in [0.1, 0.15) is 11.7 Å². The Morgan fingerprint density at radius 3 is 2.65 bits per heavy atom. The first-order valence-corrected chi connectivity index (χ1v) is 6.73. The largest absolute Gasteiger partial charge is 0.307 e. The smallest absolute Gasteiger partial charge is 0.231 e. The molecule has 0 atom stereocenters. The number of aromatic nitrogens is 3. The van der Waals surface area contributed by atoms with Gasteiger partial charge in [0.25, 0.3) is 0 Å². The molecule has 2 aromatic heterocycles. The summed E-state index contributed by atoms with van der Waals surface area (Å²) in [6.45, 7) is 0. The molecule has 0 bridgehead atoms. The number of benzene rings is 2. The van der Waals surface area contributed by atoms with Crippen molar-refractivity contribution in [1.29, 1.82) is 0 Å². The van der Waals surface area contributed by atoms with Crippen LogP contribution >= 0.6 is 0 Å². The van der Waals surface area contributed by atoms with E-state index in [0.717, 1.165) is 11.2 Å². The van der Waals surface area contributed by atoms with Crippen LogP contribution < -0.4 is 4.57 Å². The molecule has 5 rings (SSSR count). The Balaban J connectivity index is 2.18. The molecule has 0 spiro atoms. The fourth-order valence-electron chi connectivity index (χ4n) is 3.26. The van der Waals surface area contributed by atoms with E-state index in [1.807, 2.05) is 24.0 Å². The van der Waals surface area contributed by atoms with Gasteiger partial charge >= 0.3 is 5.65 Å². The molecule has 0 fully saturated rings. The van der Waals surface area contributed by atoms with Gasteiger partial charge in [0.15, 0.2) is 6.20 Å². The lowest BCUT2D eigenvalue weighted by atomic mass is 10.1. The molecule has 20 heavy (non-hydrogen) atoms. The Morgan fingerprint density at radius 1 is 1.00 bits per heavy atom. The van der Waals surface area contributed by atoms with Gasteiger partial charge < -0.3 is 0 Å². The van der Waals surface area contributed by atoms with E-state index in [-0.39, 0.29) is 0 Å². The van der Waals surface area contributed by atoms with Gasteiger partial charge in [0.2, 0.25) is 0 Å². The van der Waals surface area contributed by atoms with Crippen LogP contribution in [0, 0.1) is 0 Å². The molecular formula is C17H12N3+. The molecule has 0 aliphatic carbocycles. The molecule has 94 valence electrons. The summed E-state index contributed by atoms with van der Waals surface area (Å²) < 4.78 is 4.04. The fourth-order valence-corrected chi connectivity index (χ4v) is 3.26. The van der Waals surface area contributed by atoms with Crippen molar-refractivity contribution in [2.45, 2.75) is 0 Å². The summed E-state index contributed by atoms with van der Waals surface area (Å²) in [5.74, 6) is 0. The van der Waals surface area contributed by atoms with Gasteiger partial charge in [-0.05, 0) is 16.2 Å². The summed E-state index contributed by atoms with van der Waals surface area (Å²) >= 11 is 0. The molecule has 0 unspecified atom stereocenters. The summed E-state index contributed by atoms with van der Waals surface area (Å²) in [6, 6.07) is 15.2. The Morgan fingerprint density at radius 2 is 1.80 bits per heavy atom. The molecule has 0 saturated carbocycles. The molecule has 0 N–H and O–H groups in total. The highest BCUT2D eigenvalue weighted by Gasteiger charge is 2.17. The molecule has 0 radical (unpaired) electrons. The van der Waals surface area contributed by atoms with E-state index in [1.165, 1.54) is 26.9 Å². The van der Waals surface area contributed by atoms with Crippen LogP contribution in [0.5, 0.6) is 0 Å². The van der Waals surface area contributed by atoms with E-state index in [0.29, 0.717) is 0 Å². The van der Waals surface area contributed by atoms with Gasteiger partial charge in [-0.2, -0.15) is 0 Å². The van der Waals surface area contributed by atoms with Crippen LogP contribution in [0.2, 0.25) is 0 Å². The first kappa shape index (κ1) is 10.1. The fraction of sp³-hybridized carbons (Fsp3) is 0.0588. The summed E-state index contributed by atoms with van der Waals surface area (Å²) in [5.41, 5.74) is 2.19. The van der Waals surface area contributed by atoms with Gasteiger partial charge in [-0.15, -0.1) is 4.52 Å². The number of hydrogen-bond acceptors (Lipinski definition) is 1. The molecule has 0 amide bonds. The summed E-state index contributed by atoms with van der Waals surface area (Å²) in [4.78, 5) is 0. The van der Waals surface area contributed by atoms with E-state index in [9.17, 15) is 0 Å². The Kier molecular flexibility index (Phi) is 1.65. The predicted molar refractivity (Wildman–Crippen MR) is 80.1 cm³/mol. The van der Waals surface area contributed by atoms with Crippen LogP contribution in [0.25, 0.3) is 38.1 Å². The van der Waals surface area contributed by atoms with Gasteiger partial charge in [-0.25, -0.2) is 4.57 Å². The molecule has 0 aliphatic heterocycles. The quantitative estimate of drug-likeness (QED) is 0.391. The third-order valence-electron chi connectivity index (χ3n) is 4.21. The molecule has 0 aliphatic rings. The van der Waals surface area contributed by atoms with Crippen molar-refractivity contribution >= 4 is 38.1 Å². The van der Waals surface area contributed by atoms with Crippen LogP contribution in [0.3, 0.4) is 0 Å². The third-order valence-corrected chi connectivity index (χ3v) is 4.21. The number of aryl methyl sites for hydroxylation is 1. The molecule has 3 heteroatoms. The minimum Gasteiger partial charge on any atom is -0.231 e. The number of rotatable bonds is 0. The monoisotopic (exact) mass is 258 g/mol.